The van der Waals surface area contributed by atoms with Crippen LogP contribution in [-0.2, 0) is 14.3 Å². The minimum atomic E-state index is -0.258. The molecule has 6 heteroatoms. The number of amides is 1. The zero-order valence-corrected chi connectivity index (χ0v) is 15.2. The molecule has 1 N–H and O–H groups in total. The number of rotatable bonds is 5. The molecule has 24 heavy (non-hydrogen) atoms. The molecule has 1 aromatic carbocycles. The average Bonchev–Trinajstić information content (AvgIpc) is 2.57. The third-order valence-corrected chi connectivity index (χ3v) is 4.77. The normalized spacial score (nSPS) is 17.3. The van der Waals surface area contributed by atoms with Crippen LogP contribution in [0.2, 0.25) is 5.02 Å². The quantitative estimate of drug-likeness (QED) is 0.826. The number of anilines is 1. The van der Waals surface area contributed by atoms with Gasteiger partial charge in [-0.2, -0.15) is 0 Å². The molecule has 1 aromatic rings. The van der Waals surface area contributed by atoms with Crippen molar-refractivity contribution in [2.45, 2.75) is 39.7 Å². The molecule has 1 aliphatic rings. The van der Waals surface area contributed by atoms with Crippen LogP contribution in [0.1, 0.15) is 32.3 Å². The molecule has 1 amide bonds. The monoisotopic (exact) mass is 352 g/mol. The molecular weight excluding hydrogens is 328 g/mol. The number of esters is 1. The highest BCUT2D eigenvalue weighted by atomic mass is 35.5. The lowest BCUT2D eigenvalue weighted by atomic mass is 9.96. The van der Waals surface area contributed by atoms with Gasteiger partial charge >= 0.3 is 5.97 Å². The van der Waals surface area contributed by atoms with E-state index < -0.39 is 0 Å². The summed E-state index contributed by atoms with van der Waals surface area (Å²) < 4.78 is 5.08. The second-order valence-electron chi connectivity index (χ2n) is 6.19. The number of piperidine rings is 1. The van der Waals surface area contributed by atoms with E-state index in [0.29, 0.717) is 24.7 Å². The Hall–Kier alpha value is -1.59. The maximum Gasteiger partial charge on any atom is 0.309 e. The molecule has 0 spiro atoms. The van der Waals surface area contributed by atoms with Gasteiger partial charge in [-0.25, -0.2) is 0 Å². The Morgan fingerprint density at radius 1 is 1.38 bits per heavy atom. The van der Waals surface area contributed by atoms with E-state index in [-0.39, 0.29) is 23.8 Å². The van der Waals surface area contributed by atoms with Crippen molar-refractivity contribution in [1.29, 1.82) is 0 Å². The molecule has 1 atom stereocenters. The fourth-order valence-electron chi connectivity index (χ4n) is 2.91. The highest BCUT2D eigenvalue weighted by Crippen LogP contribution is 2.23. The predicted octanol–water partition coefficient (Wildman–Crippen LogP) is 3.25. The first-order valence-electron chi connectivity index (χ1n) is 8.40. The standard InChI is InChI=1S/C18H25ClN2O3/c1-4-24-18(23)14-7-9-21(10-8-14)13(3)17(22)20-16-11-15(19)6-5-12(16)2/h5-6,11,13-14H,4,7-10H2,1-3H3,(H,20,22). The van der Waals surface area contributed by atoms with Gasteiger partial charge in [-0.15, -0.1) is 0 Å². The maximum atomic E-state index is 12.5. The lowest BCUT2D eigenvalue weighted by molar-refractivity contribution is -0.149. The zero-order chi connectivity index (χ0) is 17.7. The van der Waals surface area contributed by atoms with Crippen LogP contribution in [0.4, 0.5) is 5.69 Å². The van der Waals surface area contributed by atoms with Crippen molar-refractivity contribution in [2.24, 2.45) is 5.92 Å². The van der Waals surface area contributed by atoms with Gasteiger partial charge < -0.3 is 10.1 Å². The smallest absolute Gasteiger partial charge is 0.309 e. The van der Waals surface area contributed by atoms with Crippen LogP contribution < -0.4 is 5.32 Å². The number of hydrogen-bond acceptors (Lipinski definition) is 4. The number of carbonyl (C=O) groups is 2. The van der Waals surface area contributed by atoms with Crippen molar-refractivity contribution in [3.8, 4) is 0 Å². The second-order valence-corrected chi connectivity index (χ2v) is 6.62. The Bertz CT molecular complexity index is 598. The van der Waals surface area contributed by atoms with Crippen LogP contribution in [0.5, 0.6) is 0 Å². The number of halogens is 1. The van der Waals surface area contributed by atoms with Gasteiger partial charge in [0.05, 0.1) is 18.6 Å². The van der Waals surface area contributed by atoms with E-state index in [1.54, 1.807) is 12.1 Å². The fourth-order valence-corrected chi connectivity index (χ4v) is 3.09. The second kappa shape index (κ2) is 8.49. The van der Waals surface area contributed by atoms with Crippen molar-refractivity contribution in [3.63, 3.8) is 0 Å². The highest BCUT2D eigenvalue weighted by molar-refractivity contribution is 6.31. The molecule has 2 rings (SSSR count). The van der Waals surface area contributed by atoms with E-state index in [1.807, 2.05) is 26.8 Å². The highest BCUT2D eigenvalue weighted by Gasteiger charge is 2.30. The van der Waals surface area contributed by atoms with Crippen molar-refractivity contribution >= 4 is 29.2 Å². The van der Waals surface area contributed by atoms with Crippen LogP contribution >= 0.6 is 11.6 Å². The van der Waals surface area contributed by atoms with Crippen LogP contribution in [0, 0.1) is 12.8 Å². The van der Waals surface area contributed by atoms with Crippen LogP contribution in [0.15, 0.2) is 18.2 Å². The predicted molar refractivity (Wildman–Crippen MR) is 95.2 cm³/mol. The average molecular weight is 353 g/mol. The molecule has 0 saturated carbocycles. The largest absolute Gasteiger partial charge is 0.466 e. The molecule has 0 aliphatic carbocycles. The van der Waals surface area contributed by atoms with Crippen molar-refractivity contribution in [2.75, 3.05) is 25.0 Å². The molecule has 0 radical (unpaired) electrons. The van der Waals surface area contributed by atoms with E-state index in [9.17, 15) is 9.59 Å². The van der Waals surface area contributed by atoms with Gasteiger partial charge in [0, 0.05) is 10.7 Å². The van der Waals surface area contributed by atoms with Crippen molar-refractivity contribution in [3.05, 3.63) is 28.8 Å². The summed E-state index contributed by atoms with van der Waals surface area (Å²) in [5, 5.41) is 3.54. The zero-order valence-electron chi connectivity index (χ0n) is 14.5. The third-order valence-electron chi connectivity index (χ3n) is 4.53. The van der Waals surface area contributed by atoms with E-state index in [1.165, 1.54) is 0 Å². The molecule has 5 nitrogen and oxygen atoms in total. The number of aryl methyl sites for hydroxylation is 1. The van der Waals surface area contributed by atoms with Gasteiger partial charge in [-0.05, 0) is 64.4 Å². The van der Waals surface area contributed by atoms with Gasteiger partial charge in [-0.3, -0.25) is 14.5 Å². The summed E-state index contributed by atoms with van der Waals surface area (Å²) in [7, 11) is 0. The molecule has 1 heterocycles. The Morgan fingerprint density at radius 3 is 2.67 bits per heavy atom. The lowest BCUT2D eigenvalue weighted by Gasteiger charge is -2.34. The first kappa shape index (κ1) is 18.7. The third kappa shape index (κ3) is 4.71. The maximum absolute atomic E-state index is 12.5. The summed E-state index contributed by atoms with van der Waals surface area (Å²) in [6.45, 7) is 7.48. The molecular formula is C18H25ClN2O3. The first-order valence-corrected chi connectivity index (χ1v) is 8.77. The van der Waals surface area contributed by atoms with E-state index in [4.69, 9.17) is 16.3 Å². The number of likely N-dealkylation sites (tertiary alicyclic amines) is 1. The fraction of sp³-hybridized carbons (Fsp3) is 0.556. The summed E-state index contributed by atoms with van der Waals surface area (Å²) in [6, 6.07) is 5.18. The molecule has 0 bridgehead atoms. The molecule has 1 fully saturated rings. The molecule has 0 aromatic heterocycles. The van der Waals surface area contributed by atoms with Gasteiger partial charge in [-0.1, -0.05) is 17.7 Å². The minimum Gasteiger partial charge on any atom is -0.466 e. The Labute approximate surface area is 148 Å². The molecule has 1 aliphatic heterocycles. The first-order chi connectivity index (χ1) is 11.4. The van der Waals surface area contributed by atoms with Gasteiger partial charge in [0.2, 0.25) is 5.91 Å². The summed E-state index contributed by atoms with van der Waals surface area (Å²) in [4.78, 5) is 26.4. The van der Waals surface area contributed by atoms with E-state index >= 15 is 0 Å². The lowest BCUT2D eigenvalue weighted by Crippen LogP contribution is -2.47. The van der Waals surface area contributed by atoms with Gasteiger partial charge in [0.1, 0.15) is 0 Å². The Balaban J connectivity index is 1.90. The van der Waals surface area contributed by atoms with Crippen LogP contribution in [-0.4, -0.2) is 42.5 Å². The Kier molecular flexibility index (Phi) is 6.63. The number of ether oxygens (including phenoxy) is 1. The van der Waals surface area contributed by atoms with Crippen molar-refractivity contribution in [1.82, 2.24) is 4.90 Å². The number of benzene rings is 1. The van der Waals surface area contributed by atoms with Crippen LogP contribution in [0.3, 0.4) is 0 Å². The summed E-state index contributed by atoms with van der Waals surface area (Å²) in [6.07, 6.45) is 1.46. The minimum absolute atomic E-state index is 0.0494. The molecule has 1 unspecified atom stereocenters. The van der Waals surface area contributed by atoms with E-state index in [2.05, 4.69) is 10.2 Å². The van der Waals surface area contributed by atoms with Gasteiger partial charge in [0.25, 0.3) is 0 Å². The summed E-state index contributed by atoms with van der Waals surface area (Å²) in [5.74, 6) is -0.231. The number of carbonyl (C=O) groups excluding carboxylic acids is 2. The number of nitrogens with one attached hydrogen (secondary N) is 1. The van der Waals surface area contributed by atoms with Crippen LogP contribution in [0.25, 0.3) is 0 Å². The molecule has 1 saturated heterocycles. The van der Waals surface area contributed by atoms with Gasteiger partial charge in [0.15, 0.2) is 0 Å². The summed E-state index contributed by atoms with van der Waals surface area (Å²) >= 11 is 5.99. The Morgan fingerprint density at radius 2 is 2.04 bits per heavy atom. The SMILES string of the molecule is CCOC(=O)C1CCN(C(C)C(=O)Nc2cc(Cl)ccc2C)CC1. The summed E-state index contributed by atoms with van der Waals surface area (Å²) in [5.41, 5.74) is 1.71. The van der Waals surface area contributed by atoms with E-state index in [0.717, 1.165) is 24.1 Å². The van der Waals surface area contributed by atoms with Crippen molar-refractivity contribution < 1.29 is 14.3 Å². The number of hydrogen-bond donors (Lipinski definition) is 1. The topological polar surface area (TPSA) is 58.6 Å². The molecule has 132 valence electrons. The number of nitrogens with zero attached hydrogens (tertiary/aromatic N) is 1.